The van der Waals surface area contributed by atoms with Crippen molar-refractivity contribution in [3.63, 3.8) is 0 Å². The first-order chi connectivity index (χ1) is 23.3. The molecule has 0 fully saturated rings. The number of benzene rings is 9. The van der Waals surface area contributed by atoms with Crippen molar-refractivity contribution >= 4 is 54.1 Å². The lowest BCUT2D eigenvalue weighted by molar-refractivity contribution is 1.19. The van der Waals surface area contributed by atoms with Gasteiger partial charge in [0.2, 0.25) is 0 Å². The molecule has 216 valence electrons. The summed E-state index contributed by atoms with van der Waals surface area (Å²) < 4.78 is 2.45. The van der Waals surface area contributed by atoms with Gasteiger partial charge >= 0.3 is 0 Å². The molecule has 0 amide bonds. The average molecular weight is 594 g/mol. The van der Waals surface area contributed by atoms with Crippen molar-refractivity contribution in [1.29, 1.82) is 0 Å². The lowest BCUT2D eigenvalue weighted by atomic mass is 9.70. The Labute approximate surface area is 271 Å². The molecule has 0 N–H and O–H groups in total. The number of aromatic nitrogens is 1. The van der Waals surface area contributed by atoms with Gasteiger partial charge in [0.1, 0.15) is 0 Å². The van der Waals surface area contributed by atoms with E-state index in [1.807, 2.05) is 0 Å². The largest absolute Gasteiger partial charge is 0.309 e. The van der Waals surface area contributed by atoms with Crippen LogP contribution in [0.25, 0.3) is 104 Å². The van der Waals surface area contributed by atoms with Gasteiger partial charge in [-0.1, -0.05) is 127 Å². The molecule has 1 heterocycles. The normalized spacial score (nSPS) is 12.3. The quantitative estimate of drug-likeness (QED) is 0.180. The van der Waals surface area contributed by atoms with Gasteiger partial charge in [0.15, 0.2) is 0 Å². The second-order valence-corrected chi connectivity index (χ2v) is 12.9. The summed E-state index contributed by atoms with van der Waals surface area (Å²) in [6.45, 7) is 0. The Kier molecular flexibility index (Phi) is 4.90. The molecular formula is C46H27N. The summed E-state index contributed by atoms with van der Waals surface area (Å²) >= 11 is 0. The molecule has 47 heavy (non-hydrogen) atoms. The van der Waals surface area contributed by atoms with Crippen molar-refractivity contribution in [2.45, 2.75) is 0 Å². The summed E-state index contributed by atoms with van der Waals surface area (Å²) in [6.07, 6.45) is 0. The summed E-state index contributed by atoms with van der Waals surface area (Å²) in [5.74, 6) is 0. The molecule has 11 rings (SSSR count). The Hall–Kier alpha value is -6.18. The van der Waals surface area contributed by atoms with Crippen molar-refractivity contribution in [1.82, 2.24) is 4.57 Å². The minimum atomic E-state index is 1.19. The van der Waals surface area contributed by atoms with E-state index in [1.54, 1.807) is 0 Å². The van der Waals surface area contributed by atoms with E-state index in [9.17, 15) is 0 Å². The van der Waals surface area contributed by atoms with Crippen LogP contribution in [-0.2, 0) is 0 Å². The summed E-state index contributed by atoms with van der Waals surface area (Å²) in [7, 11) is 0. The van der Waals surface area contributed by atoms with Gasteiger partial charge in [-0.05, 0) is 113 Å². The lowest BCUT2D eigenvalue weighted by Gasteiger charge is -2.32. The molecule has 1 aliphatic rings. The van der Waals surface area contributed by atoms with E-state index in [0.29, 0.717) is 0 Å². The molecule has 1 nitrogen and oxygen atoms in total. The van der Waals surface area contributed by atoms with Crippen LogP contribution < -0.4 is 0 Å². The lowest BCUT2D eigenvalue weighted by Crippen LogP contribution is -2.05. The fourth-order valence-corrected chi connectivity index (χ4v) is 8.46. The summed E-state index contributed by atoms with van der Waals surface area (Å²) in [4.78, 5) is 0. The molecule has 0 atom stereocenters. The van der Waals surface area contributed by atoms with Crippen molar-refractivity contribution < 1.29 is 0 Å². The fraction of sp³-hybridized carbons (Fsp3) is 0. The minimum absolute atomic E-state index is 1.19. The molecule has 0 unspecified atom stereocenters. The van der Waals surface area contributed by atoms with Crippen LogP contribution >= 0.6 is 0 Å². The van der Waals surface area contributed by atoms with Crippen LogP contribution in [0.5, 0.6) is 0 Å². The molecule has 0 saturated carbocycles. The molecule has 1 aromatic heterocycles. The third-order valence-electron chi connectivity index (χ3n) is 10.4. The van der Waals surface area contributed by atoms with E-state index < -0.39 is 0 Å². The Balaban J connectivity index is 1.20. The standard InChI is InChI=1S/C46H27N/c1-3-11-28(12-4-1)41-35-17-7-8-18-36(35)42(29-13-5-2-6-14-29)46-38-27-33-25-34(24-23-32(33)26-37(38)45(41)46)47-39-19-9-15-30-21-22-31-16-10-20-40(47)44(31)43(30)39/h1-27H. The predicted octanol–water partition coefficient (Wildman–Crippen LogP) is 12.7. The summed E-state index contributed by atoms with van der Waals surface area (Å²) in [6, 6.07) is 60.5. The third-order valence-corrected chi connectivity index (χ3v) is 10.4. The highest BCUT2D eigenvalue weighted by atomic mass is 15.0. The molecule has 0 aliphatic heterocycles. The number of nitrogens with zero attached hydrogens (tertiary/aromatic N) is 1. The van der Waals surface area contributed by atoms with Crippen LogP contribution in [0.3, 0.4) is 0 Å². The summed E-state index contributed by atoms with van der Waals surface area (Å²) in [5, 5.41) is 10.4. The Morgan fingerprint density at radius 1 is 0.319 bits per heavy atom. The first kappa shape index (κ1) is 25.1. The molecule has 0 saturated heterocycles. The maximum atomic E-state index is 2.45. The van der Waals surface area contributed by atoms with Crippen LogP contribution in [0.4, 0.5) is 0 Å². The average Bonchev–Trinajstić information content (AvgIpc) is 3.48. The molecule has 1 heteroatoms. The van der Waals surface area contributed by atoms with Gasteiger partial charge in [-0.2, -0.15) is 0 Å². The van der Waals surface area contributed by atoms with E-state index >= 15 is 0 Å². The second-order valence-electron chi connectivity index (χ2n) is 12.9. The zero-order valence-electron chi connectivity index (χ0n) is 25.5. The highest BCUT2D eigenvalue weighted by Gasteiger charge is 2.32. The van der Waals surface area contributed by atoms with E-state index in [2.05, 4.69) is 168 Å². The van der Waals surface area contributed by atoms with Gasteiger partial charge in [-0.25, -0.2) is 0 Å². The first-order valence-electron chi connectivity index (χ1n) is 16.4. The van der Waals surface area contributed by atoms with Crippen molar-refractivity contribution in [3.8, 4) is 50.2 Å². The Bertz CT molecular complexity index is 2810. The Morgan fingerprint density at radius 2 is 0.809 bits per heavy atom. The zero-order valence-corrected chi connectivity index (χ0v) is 25.5. The van der Waals surface area contributed by atoms with E-state index in [1.165, 1.54) is 104 Å². The highest BCUT2D eigenvalue weighted by Crippen LogP contribution is 2.59. The number of fused-ring (bicyclic) bond motifs is 6. The van der Waals surface area contributed by atoms with Crippen molar-refractivity contribution in [3.05, 3.63) is 164 Å². The topological polar surface area (TPSA) is 4.93 Å². The molecule has 0 spiro atoms. The van der Waals surface area contributed by atoms with E-state index in [-0.39, 0.29) is 0 Å². The van der Waals surface area contributed by atoms with Gasteiger partial charge < -0.3 is 4.57 Å². The first-order valence-corrected chi connectivity index (χ1v) is 16.4. The van der Waals surface area contributed by atoms with Crippen molar-refractivity contribution in [2.75, 3.05) is 0 Å². The van der Waals surface area contributed by atoms with Crippen LogP contribution in [0.2, 0.25) is 0 Å². The zero-order chi connectivity index (χ0) is 30.6. The predicted molar refractivity (Wildman–Crippen MR) is 200 cm³/mol. The van der Waals surface area contributed by atoms with Gasteiger partial charge in [0.05, 0.1) is 11.0 Å². The van der Waals surface area contributed by atoms with E-state index in [0.717, 1.165) is 0 Å². The SMILES string of the molecule is c1ccc(-c2c3c(c(-c4ccccc4)c4ccccc24)-c2cc4cc(-n5c6cccc7ccc8cccc5c8c76)ccc4cc2-3)cc1. The van der Waals surface area contributed by atoms with Gasteiger partial charge in [-0.15, -0.1) is 0 Å². The summed E-state index contributed by atoms with van der Waals surface area (Å²) in [5.41, 5.74) is 14.3. The molecule has 10 aromatic rings. The monoisotopic (exact) mass is 593 g/mol. The van der Waals surface area contributed by atoms with Crippen LogP contribution in [0, 0.1) is 0 Å². The van der Waals surface area contributed by atoms with Crippen LogP contribution in [0.1, 0.15) is 0 Å². The Morgan fingerprint density at radius 3 is 1.36 bits per heavy atom. The maximum absolute atomic E-state index is 2.45. The van der Waals surface area contributed by atoms with Crippen LogP contribution in [-0.4, -0.2) is 4.57 Å². The second kappa shape index (κ2) is 9.19. The molecule has 0 radical (unpaired) electrons. The van der Waals surface area contributed by atoms with Crippen molar-refractivity contribution in [2.24, 2.45) is 0 Å². The fourth-order valence-electron chi connectivity index (χ4n) is 8.46. The molecule has 0 bridgehead atoms. The minimum Gasteiger partial charge on any atom is -0.309 e. The third kappa shape index (κ3) is 3.33. The van der Waals surface area contributed by atoms with Gasteiger partial charge in [0.25, 0.3) is 0 Å². The van der Waals surface area contributed by atoms with Crippen LogP contribution in [0.15, 0.2) is 164 Å². The number of hydrogen-bond donors (Lipinski definition) is 0. The molecule has 9 aromatic carbocycles. The van der Waals surface area contributed by atoms with E-state index in [4.69, 9.17) is 0 Å². The van der Waals surface area contributed by atoms with Gasteiger partial charge in [-0.3, -0.25) is 0 Å². The number of rotatable bonds is 3. The molecular weight excluding hydrogens is 567 g/mol. The highest BCUT2D eigenvalue weighted by molar-refractivity contribution is 6.26. The smallest absolute Gasteiger partial charge is 0.0547 e. The van der Waals surface area contributed by atoms with Gasteiger partial charge in [0, 0.05) is 16.5 Å². The number of hydrogen-bond acceptors (Lipinski definition) is 0. The maximum Gasteiger partial charge on any atom is 0.0547 e. The molecule has 1 aliphatic carbocycles.